The average Bonchev–Trinajstić information content (AvgIpc) is 2.79. The summed E-state index contributed by atoms with van der Waals surface area (Å²) in [5.41, 5.74) is 6.69. The van der Waals surface area contributed by atoms with Crippen LogP contribution in [0, 0.1) is 11.3 Å². The Labute approximate surface area is 130 Å². The van der Waals surface area contributed by atoms with Crippen molar-refractivity contribution in [3.8, 4) is 11.9 Å². The molecule has 2 aromatic rings. The second-order valence-electron chi connectivity index (χ2n) is 6.26. The molecule has 2 heterocycles. The molecule has 2 N–H and O–H groups in total. The van der Waals surface area contributed by atoms with Gasteiger partial charge in [-0.2, -0.15) is 15.2 Å². The van der Waals surface area contributed by atoms with E-state index in [0.29, 0.717) is 35.8 Å². The van der Waals surface area contributed by atoms with E-state index < -0.39 is 8.07 Å². The summed E-state index contributed by atoms with van der Waals surface area (Å²) in [5.74, 6) is 0.412. The third-order valence-corrected chi connectivity index (χ3v) is 4.95. The van der Waals surface area contributed by atoms with E-state index in [9.17, 15) is 5.26 Å². The fourth-order valence-corrected chi connectivity index (χ4v) is 2.80. The van der Waals surface area contributed by atoms with E-state index in [1.54, 1.807) is 10.8 Å². The molecular formula is C14H21N5O2Si. The second kappa shape index (κ2) is 6.33. The topological polar surface area (TPSA) is 99.0 Å². The Morgan fingerprint density at radius 2 is 2.09 bits per heavy atom. The zero-order valence-electron chi connectivity index (χ0n) is 13.4. The molecule has 0 radical (unpaired) electrons. The predicted octanol–water partition coefficient (Wildman–Crippen LogP) is 2.21. The minimum atomic E-state index is -1.13. The van der Waals surface area contributed by atoms with Gasteiger partial charge in [0.05, 0.1) is 18.1 Å². The van der Waals surface area contributed by atoms with Gasteiger partial charge in [0, 0.05) is 20.9 Å². The van der Waals surface area contributed by atoms with E-state index in [0.717, 1.165) is 6.04 Å². The monoisotopic (exact) mass is 319 g/mol. The van der Waals surface area contributed by atoms with E-state index in [-0.39, 0.29) is 5.95 Å². The average molecular weight is 319 g/mol. The summed E-state index contributed by atoms with van der Waals surface area (Å²) in [4.78, 5) is 8.22. The summed E-state index contributed by atoms with van der Waals surface area (Å²) in [5, 5.41) is 9.84. The highest BCUT2D eigenvalue weighted by atomic mass is 28.3. The van der Waals surface area contributed by atoms with Gasteiger partial charge in [-0.1, -0.05) is 19.6 Å². The molecule has 118 valence electrons. The number of anilines is 1. The van der Waals surface area contributed by atoms with Crippen molar-refractivity contribution in [1.29, 1.82) is 5.26 Å². The Balaban J connectivity index is 2.27. The number of methoxy groups -OCH3 is 1. The summed E-state index contributed by atoms with van der Waals surface area (Å²) in [6.07, 6.45) is 1.69. The predicted molar refractivity (Wildman–Crippen MR) is 87.3 cm³/mol. The fourth-order valence-electron chi connectivity index (χ4n) is 2.04. The molecule has 0 amide bonds. The summed E-state index contributed by atoms with van der Waals surface area (Å²) < 4.78 is 12.7. The van der Waals surface area contributed by atoms with E-state index in [4.69, 9.17) is 15.2 Å². The van der Waals surface area contributed by atoms with Gasteiger partial charge in [-0.05, 0) is 6.04 Å². The van der Waals surface area contributed by atoms with Crippen molar-refractivity contribution in [2.75, 3.05) is 19.5 Å². The fraction of sp³-hybridized carbons (Fsp3) is 0.500. The first-order valence-corrected chi connectivity index (χ1v) is 10.7. The van der Waals surface area contributed by atoms with Crippen molar-refractivity contribution in [1.82, 2.24) is 14.5 Å². The van der Waals surface area contributed by atoms with Gasteiger partial charge < -0.3 is 19.8 Å². The minimum absolute atomic E-state index is 0.107. The van der Waals surface area contributed by atoms with Crippen LogP contribution in [0.25, 0.3) is 11.0 Å². The number of aromatic nitrogens is 3. The molecule has 0 unspecified atom stereocenters. The maximum atomic E-state index is 9.28. The van der Waals surface area contributed by atoms with Crippen LogP contribution in [0.5, 0.6) is 5.88 Å². The van der Waals surface area contributed by atoms with E-state index in [2.05, 4.69) is 35.7 Å². The molecule has 0 aromatic carbocycles. The standard InChI is InChI=1S/C14H21N5O2Si/c1-20-13-11-10(7-15)8-19(12(11)17-14(16)18-13)9-21-5-6-22(2,3)4/h8H,5-6,9H2,1-4H3,(H2,16,17,18). The molecular weight excluding hydrogens is 298 g/mol. The Bertz CT molecular complexity index is 715. The molecule has 8 heteroatoms. The maximum absolute atomic E-state index is 9.28. The van der Waals surface area contributed by atoms with Gasteiger partial charge in [-0.25, -0.2) is 0 Å². The summed E-state index contributed by atoms with van der Waals surface area (Å²) in [7, 11) is 0.364. The normalized spacial score (nSPS) is 11.6. The number of nitrogens with zero attached hydrogens (tertiary/aromatic N) is 4. The number of hydrogen-bond acceptors (Lipinski definition) is 6. The number of hydrogen-bond donors (Lipinski definition) is 1. The molecule has 0 atom stereocenters. The Morgan fingerprint density at radius 1 is 1.36 bits per heavy atom. The number of nitrogens with two attached hydrogens (primary N) is 1. The molecule has 2 rings (SSSR count). The van der Waals surface area contributed by atoms with Crippen LogP contribution in [-0.4, -0.2) is 36.3 Å². The molecule has 2 aromatic heterocycles. The second-order valence-corrected chi connectivity index (χ2v) is 11.9. The Morgan fingerprint density at radius 3 is 2.68 bits per heavy atom. The van der Waals surface area contributed by atoms with Crippen LogP contribution < -0.4 is 10.5 Å². The first kappa shape index (κ1) is 16.3. The molecule has 22 heavy (non-hydrogen) atoms. The van der Waals surface area contributed by atoms with Gasteiger partial charge in [-0.15, -0.1) is 0 Å². The quantitative estimate of drug-likeness (QED) is 0.647. The Kier molecular flexibility index (Phi) is 4.68. The van der Waals surface area contributed by atoms with E-state index >= 15 is 0 Å². The molecule has 0 aliphatic rings. The van der Waals surface area contributed by atoms with Crippen LogP contribution in [0.15, 0.2) is 6.20 Å². The van der Waals surface area contributed by atoms with Crippen LogP contribution in [0.4, 0.5) is 5.95 Å². The molecule has 0 aliphatic carbocycles. The van der Waals surface area contributed by atoms with Crippen LogP contribution in [-0.2, 0) is 11.5 Å². The SMILES string of the molecule is COc1nc(N)nc2c1c(C#N)cn2COCC[Si](C)(C)C. The number of nitriles is 1. The lowest BCUT2D eigenvalue weighted by Gasteiger charge is -2.15. The third-order valence-electron chi connectivity index (χ3n) is 3.24. The van der Waals surface area contributed by atoms with Crippen molar-refractivity contribution in [3.63, 3.8) is 0 Å². The molecule has 0 saturated heterocycles. The Hall–Kier alpha value is -2.11. The van der Waals surface area contributed by atoms with E-state index in [1.165, 1.54) is 7.11 Å². The lowest BCUT2D eigenvalue weighted by molar-refractivity contribution is 0.0898. The van der Waals surface area contributed by atoms with Crippen LogP contribution in [0.3, 0.4) is 0 Å². The first-order valence-electron chi connectivity index (χ1n) is 7.04. The van der Waals surface area contributed by atoms with Crippen molar-refractivity contribution < 1.29 is 9.47 Å². The van der Waals surface area contributed by atoms with Gasteiger partial charge in [0.2, 0.25) is 11.8 Å². The van der Waals surface area contributed by atoms with Gasteiger partial charge in [0.25, 0.3) is 0 Å². The van der Waals surface area contributed by atoms with Crippen LogP contribution in [0.1, 0.15) is 5.56 Å². The summed E-state index contributed by atoms with van der Waals surface area (Å²) >= 11 is 0. The summed E-state index contributed by atoms with van der Waals surface area (Å²) in [6.45, 7) is 7.91. The molecule has 0 saturated carbocycles. The lowest BCUT2D eigenvalue weighted by Crippen LogP contribution is -2.22. The van der Waals surface area contributed by atoms with Crippen molar-refractivity contribution in [2.24, 2.45) is 0 Å². The first-order chi connectivity index (χ1) is 10.4. The smallest absolute Gasteiger partial charge is 0.229 e. The number of ether oxygens (including phenoxy) is 2. The lowest BCUT2D eigenvalue weighted by atomic mass is 10.2. The highest BCUT2D eigenvalue weighted by molar-refractivity contribution is 6.76. The van der Waals surface area contributed by atoms with Crippen LogP contribution in [0.2, 0.25) is 25.7 Å². The molecule has 0 fully saturated rings. The van der Waals surface area contributed by atoms with Gasteiger partial charge >= 0.3 is 0 Å². The van der Waals surface area contributed by atoms with Gasteiger partial charge in [-0.3, -0.25) is 0 Å². The van der Waals surface area contributed by atoms with E-state index in [1.807, 2.05) is 0 Å². The summed E-state index contributed by atoms with van der Waals surface area (Å²) in [6, 6.07) is 3.21. The number of fused-ring (bicyclic) bond motifs is 1. The molecule has 7 nitrogen and oxygen atoms in total. The highest BCUT2D eigenvalue weighted by Crippen LogP contribution is 2.28. The third kappa shape index (κ3) is 3.55. The van der Waals surface area contributed by atoms with Gasteiger partial charge in [0.15, 0.2) is 5.65 Å². The van der Waals surface area contributed by atoms with Crippen molar-refractivity contribution in [2.45, 2.75) is 32.4 Å². The zero-order chi connectivity index (χ0) is 16.3. The maximum Gasteiger partial charge on any atom is 0.229 e. The largest absolute Gasteiger partial charge is 0.480 e. The van der Waals surface area contributed by atoms with Crippen molar-refractivity contribution >= 4 is 25.1 Å². The van der Waals surface area contributed by atoms with Gasteiger partial charge in [0.1, 0.15) is 12.8 Å². The minimum Gasteiger partial charge on any atom is -0.480 e. The molecule has 0 aliphatic heterocycles. The van der Waals surface area contributed by atoms with Crippen LogP contribution >= 0.6 is 0 Å². The number of rotatable bonds is 6. The zero-order valence-corrected chi connectivity index (χ0v) is 14.4. The molecule has 0 spiro atoms. The highest BCUT2D eigenvalue weighted by Gasteiger charge is 2.17. The van der Waals surface area contributed by atoms with Crippen molar-refractivity contribution in [3.05, 3.63) is 11.8 Å². The number of nitrogen functional groups attached to an aromatic ring is 1. The molecule has 0 bridgehead atoms.